The summed E-state index contributed by atoms with van der Waals surface area (Å²) in [6, 6.07) is 0. The van der Waals surface area contributed by atoms with E-state index in [9.17, 15) is 0 Å². The Kier molecular flexibility index (Phi) is 9.01. The van der Waals surface area contributed by atoms with Gasteiger partial charge in [0, 0.05) is 0 Å². The van der Waals surface area contributed by atoms with Crippen LogP contribution >= 0.6 is 19.9 Å². The molecule has 0 aromatic rings. The van der Waals surface area contributed by atoms with Crippen LogP contribution < -0.4 is 0 Å². The standard InChI is InChI=1S/C6H10ClO.ClH.Hg/c1-3-4-5-8-6(2)7;;/h2H,3-5H2,1H3;1H;/q;;+1/p-1. The van der Waals surface area contributed by atoms with Crippen molar-refractivity contribution in [3.05, 3.63) is 8.80 Å². The molecule has 0 bridgehead atoms. The molecule has 0 radical (unpaired) electrons. The molecule has 0 saturated carbocycles. The molecule has 0 aliphatic rings. The first-order chi connectivity index (χ1) is 4.81. The summed E-state index contributed by atoms with van der Waals surface area (Å²) < 4.78 is 6.98. The second kappa shape index (κ2) is 8.15. The first-order valence-electron chi connectivity index (χ1n) is 3.35. The average Bonchev–Trinajstić information content (AvgIpc) is 1.89. The first kappa shape index (κ1) is 11.1. The fourth-order valence-corrected chi connectivity index (χ4v) is 4.04. The quantitative estimate of drug-likeness (QED) is 0.411. The van der Waals surface area contributed by atoms with Gasteiger partial charge >= 0.3 is 83.1 Å². The second-order valence-electron chi connectivity index (χ2n) is 1.86. The van der Waals surface area contributed by atoms with E-state index in [0.29, 0.717) is 5.22 Å². The predicted molar refractivity (Wildman–Crippen MR) is 40.6 cm³/mol. The molecule has 4 heteroatoms. The molecular weight excluding hydrogens is 360 g/mol. The molecule has 10 heavy (non-hydrogen) atoms. The predicted octanol–water partition coefficient (Wildman–Crippen LogP) is 3.08. The van der Waals surface area contributed by atoms with Crippen LogP contribution in [0.3, 0.4) is 0 Å². The molecule has 0 aromatic carbocycles. The molecule has 56 valence electrons. The van der Waals surface area contributed by atoms with Crippen LogP contribution in [-0.4, -0.2) is 6.61 Å². The first-order valence-corrected chi connectivity index (χ1v) is 13.7. The third-order valence-electron chi connectivity index (χ3n) is 0.975. The van der Waals surface area contributed by atoms with E-state index < -0.39 is 23.3 Å². The Labute approximate surface area is 82.6 Å². The molecule has 0 fully saturated rings. The second-order valence-corrected chi connectivity index (χ2v) is 7.73. The number of hydrogen-bond donors (Lipinski definition) is 0. The van der Waals surface area contributed by atoms with Crippen LogP contribution in [0.1, 0.15) is 19.8 Å². The van der Waals surface area contributed by atoms with Gasteiger partial charge in [0.25, 0.3) is 0 Å². The zero-order chi connectivity index (χ0) is 7.82. The van der Waals surface area contributed by atoms with Gasteiger partial charge in [-0.05, 0) is 0 Å². The average molecular weight is 370 g/mol. The fraction of sp³-hybridized carbons (Fsp3) is 0.667. The molecular formula is C6H10Cl2HgO. The third kappa shape index (κ3) is 7.17. The van der Waals surface area contributed by atoms with E-state index in [1.807, 2.05) is 3.58 Å². The molecule has 0 aliphatic heterocycles. The van der Waals surface area contributed by atoms with E-state index >= 15 is 0 Å². The van der Waals surface area contributed by atoms with Gasteiger partial charge in [0.2, 0.25) is 0 Å². The number of rotatable bonds is 5. The Morgan fingerprint density at radius 2 is 2.40 bits per heavy atom. The molecule has 0 atom stereocenters. The summed E-state index contributed by atoms with van der Waals surface area (Å²) in [6.45, 7) is 2.83. The molecule has 0 aliphatic carbocycles. The van der Waals surface area contributed by atoms with Gasteiger partial charge in [0.05, 0.1) is 0 Å². The van der Waals surface area contributed by atoms with E-state index in [1.54, 1.807) is 0 Å². The van der Waals surface area contributed by atoms with Gasteiger partial charge in [-0.3, -0.25) is 0 Å². The Bertz CT molecular complexity index is 106. The molecule has 0 amide bonds. The molecule has 0 heterocycles. The van der Waals surface area contributed by atoms with Gasteiger partial charge in [0.15, 0.2) is 0 Å². The van der Waals surface area contributed by atoms with Crippen molar-refractivity contribution in [3.8, 4) is 0 Å². The van der Waals surface area contributed by atoms with Gasteiger partial charge < -0.3 is 0 Å². The van der Waals surface area contributed by atoms with Crippen LogP contribution in [0.5, 0.6) is 0 Å². The summed E-state index contributed by atoms with van der Waals surface area (Å²) in [6.07, 6.45) is 2.19. The van der Waals surface area contributed by atoms with Crippen molar-refractivity contribution >= 4 is 19.9 Å². The number of halogens is 2. The topological polar surface area (TPSA) is 9.23 Å². The number of hydrogen-bond acceptors (Lipinski definition) is 1. The van der Waals surface area contributed by atoms with Crippen LogP contribution in [0.15, 0.2) is 8.80 Å². The molecule has 0 saturated heterocycles. The number of unbranched alkanes of at least 4 members (excludes halogenated alkanes) is 1. The van der Waals surface area contributed by atoms with Crippen LogP contribution in [0.25, 0.3) is 0 Å². The molecule has 0 spiro atoms. The maximum atomic E-state index is 5.63. The van der Waals surface area contributed by atoms with E-state index in [2.05, 4.69) is 6.92 Å². The Morgan fingerprint density at radius 3 is 2.90 bits per heavy atom. The van der Waals surface area contributed by atoms with Gasteiger partial charge in [0.1, 0.15) is 0 Å². The van der Waals surface area contributed by atoms with E-state index in [4.69, 9.17) is 24.6 Å². The van der Waals surface area contributed by atoms with Crippen molar-refractivity contribution in [2.24, 2.45) is 0 Å². The summed E-state index contributed by atoms with van der Waals surface area (Å²) in [4.78, 5) is 0. The van der Waals surface area contributed by atoms with Crippen molar-refractivity contribution in [2.75, 3.05) is 6.61 Å². The summed E-state index contributed by atoms with van der Waals surface area (Å²) in [7, 11) is 5.59. The Balaban J connectivity index is 3.21. The monoisotopic (exact) mass is 370 g/mol. The Hall–Kier alpha value is 1.06. The summed E-state index contributed by atoms with van der Waals surface area (Å²) in [5, 5.41) is 0.505. The van der Waals surface area contributed by atoms with Crippen LogP contribution in [-0.2, 0) is 28.1 Å². The van der Waals surface area contributed by atoms with Gasteiger partial charge in [-0.15, -0.1) is 0 Å². The third-order valence-corrected chi connectivity index (χ3v) is 5.64. The molecule has 1 nitrogen and oxygen atoms in total. The fourth-order valence-electron chi connectivity index (χ4n) is 0.434. The molecule has 0 unspecified atom stereocenters. The minimum atomic E-state index is -1.23. The van der Waals surface area contributed by atoms with Gasteiger partial charge in [-0.25, -0.2) is 0 Å². The summed E-state index contributed by atoms with van der Waals surface area (Å²) >= 11 is 4.40. The van der Waals surface area contributed by atoms with Gasteiger partial charge in [-0.2, -0.15) is 0 Å². The maximum absolute atomic E-state index is 5.63. The van der Waals surface area contributed by atoms with E-state index in [0.717, 1.165) is 19.4 Å². The zero-order valence-electron chi connectivity index (χ0n) is 6.07. The molecule has 0 aromatic heterocycles. The molecule has 0 rings (SSSR count). The van der Waals surface area contributed by atoms with Crippen molar-refractivity contribution in [1.29, 1.82) is 0 Å². The number of ether oxygens (including phenoxy) is 1. The van der Waals surface area contributed by atoms with Crippen molar-refractivity contribution in [2.45, 2.75) is 19.8 Å². The zero-order valence-corrected chi connectivity index (χ0v) is 13.1. The van der Waals surface area contributed by atoms with E-state index in [-0.39, 0.29) is 0 Å². The minimum absolute atomic E-state index is 0.505. The van der Waals surface area contributed by atoms with Crippen molar-refractivity contribution < 1.29 is 28.1 Å². The van der Waals surface area contributed by atoms with E-state index in [1.165, 1.54) is 0 Å². The summed E-state index contributed by atoms with van der Waals surface area (Å²) in [5.41, 5.74) is 0. The van der Waals surface area contributed by atoms with Crippen LogP contribution in [0, 0.1) is 0 Å². The normalized spacial score (nSPS) is 10.9. The van der Waals surface area contributed by atoms with Gasteiger partial charge in [-0.1, -0.05) is 0 Å². The van der Waals surface area contributed by atoms with Crippen LogP contribution in [0.2, 0.25) is 0 Å². The van der Waals surface area contributed by atoms with Crippen molar-refractivity contribution in [3.63, 3.8) is 0 Å². The SMILES string of the molecule is CCCCO/C(Cl)=[CH]\[Hg][Cl]. The van der Waals surface area contributed by atoms with Crippen molar-refractivity contribution in [1.82, 2.24) is 0 Å². The summed E-state index contributed by atoms with van der Waals surface area (Å²) in [5.74, 6) is 0. The molecule has 0 N–H and O–H groups in total. The Morgan fingerprint density at radius 1 is 1.70 bits per heavy atom. The van der Waals surface area contributed by atoms with Crippen LogP contribution in [0.4, 0.5) is 0 Å².